The third-order valence-corrected chi connectivity index (χ3v) is 3.35. The molecular formula is C11H17N3OS. The van der Waals surface area contributed by atoms with Crippen LogP contribution in [0, 0.1) is 19.8 Å². The summed E-state index contributed by atoms with van der Waals surface area (Å²) in [6, 6.07) is 4.08. The third kappa shape index (κ3) is 3.73. The smallest absolute Gasteiger partial charge is 0.142 e. The lowest BCUT2D eigenvalue weighted by atomic mass is 10.2. The van der Waals surface area contributed by atoms with E-state index in [-0.39, 0.29) is 11.8 Å². The first-order valence-electron chi connectivity index (χ1n) is 5.08. The minimum atomic E-state index is 0.0395. The van der Waals surface area contributed by atoms with Crippen molar-refractivity contribution in [1.29, 1.82) is 0 Å². The van der Waals surface area contributed by atoms with Gasteiger partial charge in [0, 0.05) is 17.4 Å². The Morgan fingerprint density at radius 3 is 2.81 bits per heavy atom. The molecule has 0 spiro atoms. The maximum atomic E-state index is 8.53. The first kappa shape index (κ1) is 12.8. The summed E-state index contributed by atoms with van der Waals surface area (Å²) in [5.74, 6) is 1.06. The van der Waals surface area contributed by atoms with Crippen LogP contribution in [-0.4, -0.2) is 21.8 Å². The number of nitrogens with zero attached hydrogens (tertiary/aromatic N) is 2. The highest BCUT2D eigenvalue weighted by Crippen LogP contribution is 2.20. The number of pyridine rings is 1. The van der Waals surface area contributed by atoms with Crippen molar-refractivity contribution in [2.24, 2.45) is 16.8 Å². The molecule has 3 N–H and O–H groups in total. The van der Waals surface area contributed by atoms with Gasteiger partial charge in [-0.3, -0.25) is 0 Å². The molecule has 88 valence electrons. The summed E-state index contributed by atoms with van der Waals surface area (Å²) >= 11 is 1.62. The van der Waals surface area contributed by atoms with Gasteiger partial charge in [-0.25, -0.2) is 4.98 Å². The summed E-state index contributed by atoms with van der Waals surface area (Å²) < 4.78 is 0. The summed E-state index contributed by atoms with van der Waals surface area (Å²) in [7, 11) is 0. The molecule has 4 nitrogen and oxygen atoms in total. The van der Waals surface area contributed by atoms with E-state index in [0.717, 1.165) is 16.5 Å². The molecule has 0 bridgehead atoms. The summed E-state index contributed by atoms with van der Waals surface area (Å²) in [6.45, 7) is 5.94. The molecule has 0 saturated heterocycles. The maximum absolute atomic E-state index is 8.53. The molecule has 1 aromatic rings. The number of aromatic nitrogens is 1. The number of thioether (sulfide) groups is 1. The molecule has 1 atom stereocenters. The summed E-state index contributed by atoms with van der Waals surface area (Å²) in [5, 5.41) is 12.5. The van der Waals surface area contributed by atoms with Crippen molar-refractivity contribution < 1.29 is 5.21 Å². The first-order chi connectivity index (χ1) is 7.52. The fourth-order valence-corrected chi connectivity index (χ4v) is 2.34. The number of rotatable bonds is 4. The van der Waals surface area contributed by atoms with E-state index in [4.69, 9.17) is 10.9 Å². The quantitative estimate of drug-likeness (QED) is 0.278. The van der Waals surface area contributed by atoms with Gasteiger partial charge in [-0.1, -0.05) is 12.1 Å². The van der Waals surface area contributed by atoms with Crippen LogP contribution < -0.4 is 5.73 Å². The molecular weight excluding hydrogens is 222 g/mol. The molecule has 0 aliphatic rings. The standard InChI is InChI=1S/C11H17N3OS/c1-7-4-9(3)13-10(5-7)16-6-8(2)11(12)14-15/h4-5,8,15H,6H2,1-3H3,(H2,12,14). The predicted molar refractivity (Wildman–Crippen MR) is 67.0 cm³/mol. The van der Waals surface area contributed by atoms with Crippen LogP contribution in [0.4, 0.5) is 0 Å². The van der Waals surface area contributed by atoms with Crippen LogP contribution in [0.1, 0.15) is 18.2 Å². The van der Waals surface area contributed by atoms with Gasteiger partial charge in [0.05, 0.1) is 5.03 Å². The molecule has 5 heteroatoms. The number of hydrogen-bond donors (Lipinski definition) is 2. The lowest BCUT2D eigenvalue weighted by Gasteiger charge is -2.09. The molecule has 0 amide bonds. The van der Waals surface area contributed by atoms with Gasteiger partial charge in [0.15, 0.2) is 0 Å². The van der Waals surface area contributed by atoms with Crippen molar-refractivity contribution in [3.63, 3.8) is 0 Å². The molecule has 1 unspecified atom stereocenters. The Kier molecular flexibility index (Phi) is 4.61. The van der Waals surface area contributed by atoms with Crippen molar-refractivity contribution in [2.75, 3.05) is 5.75 Å². The average molecular weight is 239 g/mol. The number of amidine groups is 1. The highest BCUT2D eigenvalue weighted by molar-refractivity contribution is 7.99. The van der Waals surface area contributed by atoms with Crippen LogP contribution >= 0.6 is 11.8 Å². The van der Waals surface area contributed by atoms with Crippen LogP contribution in [0.25, 0.3) is 0 Å². The number of hydrogen-bond acceptors (Lipinski definition) is 4. The van der Waals surface area contributed by atoms with Gasteiger partial charge in [0.2, 0.25) is 0 Å². The molecule has 0 aliphatic carbocycles. The van der Waals surface area contributed by atoms with Gasteiger partial charge >= 0.3 is 0 Å². The van der Waals surface area contributed by atoms with Crippen LogP contribution in [0.15, 0.2) is 22.3 Å². The van der Waals surface area contributed by atoms with Gasteiger partial charge in [0.1, 0.15) is 5.84 Å². The third-order valence-electron chi connectivity index (χ3n) is 2.18. The first-order valence-corrected chi connectivity index (χ1v) is 6.07. The Morgan fingerprint density at radius 1 is 1.56 bits per heavy atom. The highest BCUT2D eigenvalue weighted by atomic mass is 32.2. The van der Waals surface area contributed by atoms with Gasteiger partial charge in [-0.05, 0) is 31.5 Å². The van der Waals surface area contributed by atoms with Gasteiger partial charge in [0.25, 0.3) is 0 Å². The Bertz CT molecular complexity index is 373. The second-order valence-corrected chi connectivity index (χ2v) is 4.90. The van der Waals surface area contributed by atoms with E-state index in [9.17, 15) is 0 Å². The summed E-state index contributed by atoms with van der Waals surface area (Å²) in [6.07, 6.45) is 0. The minimum absolute atomic E-state index is 0.0395. The van der Waals surface area contributed by atoms with Crippen molar-refractivity contribution in [3.05, 3.63) is 23.4 Å². The lowest BCUT2D eigenvalue weighted by molar-refractivity contribution is 0.315. The van der Waals surface area contributed by atoms with Crippen molar-refractivity contribution in [3.8, 4) is 0 Å². The summed E-state index contributed by atoms with van der Waals surface area (Å²) in [5.41, 5.74) is 7.72. The molecule has 0 aromatic carbocycles. The van der Waals surface area contributed by atoms with E-state index in [1.165, 1.54) is 5.56 Å². The van der Waals surface area contributed by atoms with Crippen LogP contribution in [0.5, 0.6) is 0 Å². The zero-order valence-electron chi connectivity index (χ0n) is 9.77. The Labute approximate surface area is 99.9 Å². The van der Waals surface area contributed by atoms with Crippen molar-refractivity contribution in [1.82, 2.24) is 4.98 Å². The van der Waals surface area contributed by atoms with Crippen molar-refractivity contribution in [2.45, 2.75) is 25.8 Å². The molecule has 0 fully saturated rings. The normalized spacial score (nSPS) is 13.8. The molecule has 0 radical (unpaired) electrons. The average Bonchev–Trinajstić information content (AvgIpc) is 2.23. The molecule has 1 rings (SSSR count). The maximum Gasteiger partial charge on any atom is 0.142 e. The molecule has 1 heterocycles. The number of oxime groups is 1. The minimum Gasteiger partial charge on any atom is -0.409 e. The number of nitrogens with two attached hydrogens (primary N) is 1. The van der Waals surface area contributed by atoms with E-state index in [1.54, 1.807) is 11.8 Å². The summed E-state index contributed by atoms with van der Waals surface area (Å²) in [4.78, 5) is 4.41. The molecule has 1 aromatic heterocycles. The zero-order chi connectivity index (χ0) is 12.1. The molecule has 16 heavy (non-hydrogen) atoms. The van der Waals surface area contributed by atoms with E-state index < -0.39 is 0 Å². The fourth-order valence-electron chi connectivity index (χ4n) is 1.27. The predicted octanol–water partition coefficient (Wildman–Crippen LogP) is 2.17. The Balaban J connectivity index is 2.61. The second-order valence-electron chi connectivity index (χ2n) is 3.86. The van der Waals surface area contributed by atoms with Gasteiger partial charge in [-0.15, -0.1) is 11.8 Å². The highest BCUT2D eigenvalue weighted by Gasteiger charge is 2.09. The number of aryl methyl sites for hydroxylation is 2. The lowest BCUT2D eigenvalue weighted by Crippen LogP contribution is -2.22. The van der Waals surface area contributed by atoms with Gasteiger partial charge in [-0.2, -0.15) is 0 Å². The fraction of sp³-hybridized carbons (Fsp3) is 0.455. The van der Waals surface area contributed by atoms with Crippen LogP contribution in [0.2, 0.25) is 0 Å². The van der Waals surface area contributed by atoms with Gasteiger partial charge < -0.3 is 10.9 Å². The topological polar surface area (TPSA) is 71.5 Å². The van der Waals surface area contributed by atoms with E-state index in [1.807, 2.05) is 32.9 Å². The monoisotopic (exact) mass is 239 g/mol. The van der Waals surface area contributed by atoms with Crippen LogP contribution in [0.3, 0.4) is 0 Å². The van der Waals surface area contributed by atoms with Crippen LogP contribution in [-0.2, 0) is 0 Å². The van der Waals surface area contributed by atoms with E-state index in [0.29, 0.717) is 0 Å². The largest absolute Gasteiger partial charge is 0.409 e. The molecule has 0 aliphatic heterocycles. The van der Waals surface area contributed by atoms with E-state index in [2.05, 4.69) is 10.1 Å². The Hall–Kier alpha value is -1.23. The van der Waals surface area contributed by atoms with E-state index >= 15 is 0 Å². The zero-order valence-corrected chi connectivity index (χ0v) is 10.6. The second kappa shape index (κ2) is 5.75. The SMILES string of the molecule is Cc1cc(C)nc(SCC(C)/C(N)=N/O)c1. The molecule has 0 saturated carbocycles. The Morgan fingerprint density at radius 2 is 2.25 bits per heavy atom. The van der Waals surface area contributed by atoms with Crippen molar-refractivity contribution >= 4 is 17.6 Å².